The van der Waals surface area contributed by atoms with E-state index >= 15 is 0 Å². The van der Waals surface area contributed by atoms with Crippen LogP contribution in [0.3, 0.4) is 0 Å². The van der Waals surface area contributed by atoms with Gasteiger partial charge in [0.25, 0.3) is 0 Å². The molecule has 19 unspecified atom stereocenters. The Morgan fingerprint density at radius 3 is 1.10 bits per heavy atom. The van der Waals surface area contributed by atoms with E-state index in [1.165, 1.54) is 167 Å². The zero-order valence-corrected chi connectivity index (χ0v) is 75.5. The molecule has 0 spiro atoms. The lowest BCUT2D eigenvalue weighted by Crippen LogP contribution is -2.70. The van der Waals surface area contributed by atoms with Gasteiger partial charge in [0.2, 0.25) is 0 Å². The first-order chi connectivity index (χ1) is 57.6. The van der Waals surface area contributed by atoms with Crippen molar-refractivity contribution in [1.29, 1.82) is 0 Å². The zero-order chi connectivity index (χ0) is 86.9. The fraction of sp³-hybridized carbons (Fsp3) is 0.914. The number of esters is 4. The van der Waals surface area contributed by atoms with Gasteiger partial charge in [0.15, 0.2) is 24.8 Å². The van der Waals surface area contributed by atoms with Crippen LogP contribution in [0, 0.1) is 5.92 Å². The van der Waals surface area contributed by atoms with E-state index in [1.54, 1.807) is 0 Å². The quantitative estimate of drug-likeness (QED) is 0.00889. The third-order valence-electron chi connectivity index (χ3n) is 23.6. The van der Waals surface area contributed by atoms with Crippen LogP contribution >= 0.6 is 7.82 Å². The molecule has 0 aromatic carbocycles. The molecule has 119 heavy (non-hydrogen) atoms. The van der Waals surface area contributed by atoms with Gasteiger partial charge >= 0.3 is 31.7 Å². The lowest BCUT2D eigenvalue weighted by Gasteiger charge is -2.50. The molecular formula is C93H171O25P. The molecule has 19 atom stereocenters. The molecule has 0 bridgehead atoms. The molecule has 698 valence electrons. The number of ether oxygens (including phenoxy) is 8. The Morgan fingerprint density at radius 2 is 0.681 bits per heavy atom. The predicted molar refractivity (Wildman–Crippen MR) is 462 cm³/mol. The molecule has 26 heteroatoms. The first-order valence-corrected chi connectivity index (χ1v) is 49.5. The van der Waals surface area contributed by atoms with E-state index in [2.05, 4.69) is 58.9 Å². The van der Waals surface area contributed by atoms with E-state index in [0.717, 1.165) is 141 Å². The molecule has 2 aliphatic heterocycles. The van der Waals surface area contributed by atoms with E-state index in [-0.39, 0.29) is 25.7 Å². The smallest absolute Gasteiger partial charge is 0.463 e. The summed E-state index contributed by atoms with van der Waals surface area (Å²) in [4.78, 5) is 66.5. The zero-order valence-electron chi connectivity index (χ0n) is 74.6. The summed E-state index contributed by atoms with van der Waals surface area (Å²) in [6.07, 6.45) is 30.2. The van der Waals surface area contributed by atoms with Gasteiger partial charge in [0.1, 0.15) is 92.6 Å². The van der Waals surface area contributed by atoms with E-state index in [4.69, 9.17) is 46.9 Å². The SMILES string of the molecule is CCCCCC/C=C\CCCCCCCCCC(=O)OC(COC(=O)CCCCC/C=C\CCCCCCCC)COP(=O)(O)OC1C(OC2OC(CO)C(O)C(O)C2O)C(O)C(O)C(OC(=O)CCCCCCCCCCCCCCCCCC)C1OC1OC(COC(=O)CCCCCCCCC(C)CCCCCCCC)C(O)C(O)C1O. The van der Waals surface area contributed by atoms with Crippen molar-refractivity contribution < 1.29 is 122 Å². The number of unbranched alkanes of at least 4 members (excludes halogenated alkanes) is 45. The Morgan fingerprint density at radius 1 is 0.353 bits per heavy atom. The van der Waals surface area contributed by atoms with Crippen molar-refractivity contribution >= 4 is 31.7 Å². The summed E-state index contributed by atoms with van der Waals surface area (Å²) in [5.41, 5.74) is 0. The maximum absolute atomic E-state index is 14.9. The summed E-state index contributed by atoms with van der Waals surface area (Å²) in [6, 6.07) is 0. The van der Waals surface area contributed by atoms with Crippen LogP contribution in [0.15, 0.2) is 24.3 Å². The molecule has 3 fully saturated rings. The highest BCUT2D eigenvalue weighted by molar-refractivity contribution is 7.47. The Labute approximate surface area is 717 Å². The standard InChI is InChI=1S/C93H171O25P/c1-6-10-14-18-22-25-28-31-33-35-38-41-44-47-55-61-67-79(98)115-88-84(103)85(104)89(116-92-86(105)82(101)80(99)74(68-94)113-92)91(90(88)117-93-87(106)83(102)81(100)75(114-93)71-110-77(96)65-59-53-49-48-51-57-63-72(5)62-56-50-21-17-13-9-4)118-119(107,108)111-70-73(69-109-76(95)64-58-52-45-42-39-36-30-27-24-20-16-12-8-3)112-78(97)66-60-54-46-43-40-37-34-32-29-26-23-19-15-11-7-2/h26,29,36,39,72-75,80-94,99-106H,6-25,27-28,30-35,37-38,40-71H2,1-5H3,(H,107,108)/b29-26-,39-36-. The third-order valence-corrected chi connectivity index (χ3v) is 24.6. The van der Waals surface area contributed by atoms with Crippen LogP contribution in [0.5, 0.6) is 0 Å². The van der Waals surface area contributed by atoms with Gasteiger partial charge in [-0.3, -0.25) is 28.2 Å². The molecule has 25 nitrogen and oxygen atoms in total. The number of hydrogen-bond donors (Lipinski definition) is 10. The third kappa shape index (κ3) is 51.4. The first kappa shape index (κ1) is 110. The average Bonchev–Trinajstić information content (AvgIpc) is 0.754. The van der Waals surface area contributed by atoms with Crippen molar-refractivity contribution in [3.8, 4) is 0 Å². The molecule has 2 saturated heterocycles. The highest BCUT2D eigenvalue weighted by Gasteiger charge is 2.60. The largest absolute Gasteiger partial charge is 0.472 e. The van der Waals surface area contributed by atoms with Crippen LogP contribution in [-0.2, 0) is 70.7 Å². The monoisotopic (exact) mass is 1720 g/mol. The number of aliphatic hydroxyl groups excluding tert-OH is 9. The number of aliphatic hydroxyl groups is 9. The number of carbonyl (C=O) groups excluding carboxylic acids is 4. The molecule has 1 saturated carbocycles. The number of hydrogen-bond acceptors (Lipinski definition) is 24. The topological polar surface area (TPSA) is 380 Å². The van der Waals surface area contributed by atoms with E-state index < -0.39 is 162 Å². The number of rotatable bonds is 77. The highest BCUT2D eigenvalue weighted by atomic mass is 31.2. The molecule has 0 radical (unpaired) electrons. The van der Waals surface area contributed by atoms with Crippen LogP contribution in [0.1, 0.15) is 407 Å². The summed E-state index contributed by atoms with van der Waals surface area (Å²) < 4.78 is 73.5. The van der Waals surface area contributed by atoms with Crippen molar-refractivity contribution in [3.05, 3.63) is 24.3 Å². The van der Waals surface area contributed by atoms with Gasteiger partial charge in [-0.2, -0.15) is 0 Å². The Hall–Kier alpha value is -3.05. The van der Waals surface area contributed by atoms with Crippen LogP contribution in [-0.4, -0.2) is 205 Å². The Kier molecular flexibility index (Phi) is 65.7. The first-order valence-electron chi connectivity index (χ1n) is 48.0. The summed E-state index contributed by atoms with van der Waals surface area (Å²) in [5, 5.41) is 102. The molecular weight excluding hydrogens is 1550 g/mol. The minimum absolute atomic E-state index is 0.0131. The minimum atomic E-state index is -5.81. The van der Waals surface area contributed by atoms with Crippen LogP contribution in [0.4, 0.5) is 0 Å². The normalized spacial score (nSPS) is 25.2. The van der Waals surface area contributed by atoms with E-state index in [0.29, 0.717) is 44.4 Å². The maximum Gasteiger partial charge on any atom is 0.472 e. The fourth-order valence-electron chi connectivity index (χ4n) is 15.8. The van der Waals surface area contributed by atoms with Gasteiger partial charge in [-0.1, -0.05) is 329 Å². The number of phosphoric ester groups is 1. The van der Waals surface area contributed by atoms with Gasteiger partial charge in [-0.25, -0.2) is 4.57 Å². The molecule has 3 aliphatic rings. The molecule has 2 heterocycles. The average molecular weight is 1720 g/mol. The van der Waals surface area contributed by atoms with E-state index in [1.807, 2.05) is 0 Å². The second-order valence-corrected chi connectivity index (χ2v) is 35.9. The van der Waals surface area contributed by atoms with Crippen molar-refractivity contribution in [3.63, 3.8) is 0 Å². The molecule has 0 aromatic rings. The predicted octanol–water partition coefficient (Wildman–Crippen LogP) is 18.0. The van der Waals surface area contributed by atoms with Gasteiger partial charge in [-0.05, 0) is 83.0 Å². The van der Waals surface area contributed by atoms with Crippen molar-refractivity contribution in [2.45, 2.75) is 511 Å². The van der Waals surface area contributed by atoms with Crippen molar-refractivity contribution in [2.75, 3.05) is 26.4 Å². The maximum atomic E-state index is 14.9. The van der Waals surface area contributed by atoms with E-state index in [9.17, 15) is 74.6 Å². The summed E-state index contributed by atoms with van der Waals surface area (Å²) >= 11 is 0. The second-order valence-electron chi connectivity index (χ2n) is 34.5. The van der Waals surface area contributed by atoms with Gasteiger partial charge in [0.05, 0.1) is 13.2 Å². The molecule has 10 N–H and O–H groups in total. The molecule has 3 rings (SSSR count). The van der Waals surface area contributed by atoms with Gasteiger partial charge in [-0.15, -0.1) is 0 Å². The molecule has 0 amide bonds. The van der Waals surface area contributed by atoms with Crippen molar-refractivity contribution in [2.24, 2.45) is 5.92 Å². The van der Waals surface area contributed by atoms with Crippen LogP contribution in [0.2, 0.25) is 0 Å². The van der Waals surface area contributed by atoms with Crippen LogP contribution in [0.25, 0.3) is 0 Å². The van der Waals surface area contributed by atoms with Crippen LogP contribution < -0.4 is 0 Å². The van der Waals surface area contributed by atoms with Gasteiger partial charge < -0.3 is 88.7 Å². The summed E-state index contributed by atoms with van der Waals surface area (Å²) in [6.45, 7) is 7.90. The lowest BCUT2D eigenvalue weighted by molar-refractivity contribution is -0.360. The van der Waals surface area contributed by atoms with Crippen molar-refractivity contribution in [1.82, 2.24) is 0 Å². The Bertz CT molecular complexity index is 2580. The van der Waals surface area contributed by atoms with Gasteiger partial charge in [0, 0.05) is 25.7 Å². The number of phosphoric acid groups is 1. The molecule has 1 aliphatic carbocycles. The summed E-state index contributed by atoms with van der Waals surface area (Å²) in [7, 11) is -5.81. The highest BCUT2D eigenvalue weighted by Crippen LogP contribution is 2.49. The summed E-state index contributed by atoms with van der Waals surface area (Å²) in [5.74, 6) is -2.30. The fourth-order valence-corrected chi connectivity index (χ4v) is 16.8. The number of allylic oxidation sites excluding steroid dienone is 4. The number of carbonyl (C=O) groups is 4. The minimum Gasteiger partial charge on any atom is -0.463 e. The lowest BCUT2D eigenvalue weighted by atomic mass is 9.84. The Balaban J connectivity index is 1.92. The second kappa shape index (κ2) is 71.0. The molecule has 0 aromatic heterocycles.